The van der Waals surface area contributed by atoms with E-state index in [0.29, 0.717) is 11.0 Å². The van der Waals surface area contributed by atoms with E-state index in [0.717, 1.165) is 17.9 Å². The molecule has 0 aliphatic heterocycles. The number of anilines is 1. The molecule has 0 saturated carbocycles. The fourth-order valence-corrected chi connectivity index (χ4v) is 2.88. The van der Waals surface area contributed by atoms with Crippen molar-refractivity contribution in [2.75, 3.05) is 5.32 Å². The van der Waals surface area contributed by atoms with Crippen LogP contribution in [0.1, 0.15) is 26.7 Å². The Balaban J connectivity index is 2.15. The average molecular weight is 282 g/mol. The van der Waals surface area contributed by atoms with Gasteiger partial charge in [-0.15, -0.1) is 11.3 Å². The Morgan fingerprint density at radius 1 is 1.22 bits per heavy atom. The van der Waals surface area contributed by atoms with Gasteiger partial charge in [0.1, 0.15) is 16.8 Å². The molecule has 0 fully saturated rings. The summed E-state index contributed by atoms with van der Waals surface area (Å²) in [6.45, 7) is 8.81. The third-order valence-electron chi connectivity index (χ3n) is 2.85. The molecule has 2 heterocycles. The number of thiophene rings is 1. The number of hydrogen-bond donors (Lipinski definition) is 1. The average Bonchev–Trinajstić information content (AvgIpc) is 2.61. The van der Waals surface area contributed by atoms with Crippen molar-refractivity contribution >= 4 is 28.8 Å². The van der Waals surface area contributed by atoms with Crippen LogP contribution in [0.5, 0.6) is 0 Å². The summed E-state index contributed by atoms with van der Waals surface area (Å²) in [4.78, 5) is 11.2. The highest BCUT2D eigenvalue weighted by molar-refractivity contribution is 7.12. The number of nitrogens with one attached hydrogen (secondary N) is 1. The molecule has 0 saturated heterocycles. The molecular formula is C13H16ClN3S. The smallest absolute Gasteiger partial charge is 0.137 e. The predicted molar refractivity (Wildman–Crippen MR) is 77.6 cm³/mol. The van der Waals surface area contributed by atoms with Gasteiger partial charge in [0.25, 0.3) is 0 Å². The number of rotatable bonds is 3. The highest BCUT2D eigenvalue weighted by Crippen LogP contribution is 2.23. The Labute approximate surface area is 116 Å². The van der Waals surface area contributed by atoms with Gasteiger partial charge in [0.2, 0.25) is 0 Å². The van der Waals surface area contributed by atoms with Gasteiger partial charge in [-0.05, 0) is 39.3 Å². The summed E-state index contributed by atoms with van der Waals surface area (Å²) in [7, 11) is 0. The van der Waals surface area contributed by atoms with Crippen molar-refractivity contribution in [1.82, 2.24) is 9.97 Å². The van der Waals surface area contributed by atoms with E-state index in [4.69, 9.17) is 11.6 Å². The van der Waals surface area contributed by atoms with Crippen molar-refractivity contribution in [3.8, 4) is 0 Å². The van der Waals surface area contributed by atoms with Gasteiger partial charge < -0.3 is 5.32 Å². The van der Waals surface area contributed by atoms with Crippen molar-refractivity contribution in [1.29, 1.82) is 0 Å². The highest BCUT2D eigenvalue weighted by Gasteiger charge is 2.08. The van der Waals surface area contributed by atoms with Crippen molar-refractivity contribution in [2.45, 2.75) is 34.2 Å². The van der Waals surface area contributed by atoms with Crippen LogP contribution in [-0.4, -0.2) is 9.97 Å². The molecule has 0 radical (unpaired) electrons. The van der Waals surface area contributed by atoms with Gasteiger partial charge in [-0.2, -0.15) is 0 Å². The summed E-state index contributed by atoms with van der Waals surface area (Å²) in [5, 5.41) is 3.84. The lowest BCUT2D eigenvalue weighted by atomic mass is 10.3. The van der Waals surface area contributed by atoms with Crippen LogP contribution >= 0.6 is 22.9 Å². The van der Waals surface area contributed by atoms with Crippen molar-refractivity contribution in [3.05, 3.63) is 37.9 Å². The fraction of sp³-hybridized carbons (Fsp3) is 0.385. The molecular weight excluding hydrogens is 266 g/mol. The topological polar surface area (TPSA) is 37.8 Å². The normalized spacial score (nSPS) is 10.7. The van der Waals surface area contributed by atoms with Gasteiger partial charge in [0.15, 0.2) is 0 Å². The maximum Gasteiger partial charge on any atom is 0.137 e. The van der Waals surface area contributed by atoms with E-state index in [2.05, 4.69) is 35.2 Å². The minimum Gasteiger partial charge on any atom is -0.365 e. The van der Waals surface area contributed by atoms with Gasteiger partial charge >= 0.3 is 0 Å². The largest absolute Gasteiger partial charge is 0.365 e. The van der Waals surface area contributed by atoms with Crippen LogP contribution in [0.25, 0.3) is 0 Å². The van der Waals surface area contributed by atoms with Gasteiger partial charge in [0, 0.05) is 15.3 Å². The second-order valence-corrected chi connectivity index (χ2v) is 6.04. The molecule has 0 spiro atoms. The molecule has 0 aliphatic rings. The molecule has 0 aromatic carbocycles. The lowest BCUT2D eigenvalue weighted by Gasteiger charge is -2.09. The Morgan fingerprint density at radius 2 is 1.94 bits per heavy atom. The van der Waals surface area contributed by atoms with E-state index in [1.54, 1.807) is 0 Å². The van der Waals surface area contributed by atoms with Crippen molar-refractivity contribution < 1.29 is 0 Å². The first-order valence-electron chi connectivity index (χ1n) is 5.78. The Bertz CT molecular complexity index is 558. The minimum absolute atomic E-state index is 0.517. The zero-order valence-electron chi connectivity index (χ0n) is 11.0. The molecule has 0 unspecified atom stereocenters. The second-order valence-electron chi connectivity index (χ2n) is 4.34. The zero-order chi connectivity index (χ0) is 13.3. The minimum atomic E-state index is 0.517. The Hall–Kier alpha value is -1.13. The van der Waals surface area contributed by atoms with Crippen LogP contribution in [0.15, 0.2) is 6.07 Å². The molecule has 0 aliphatic carbocycles. The monoisotopic (exact) mass is 281 g/mol. The van der Waals surface area contributed by atoms with Crippen LogP contribution in [0.3, 0.4) is 0 Å². The number of hydrogen-bond acceptors (Lipinski definition) is 4. The van der Waals surface area contributed by atoms with Crippen LogP contribution < -0.4 is 5.32 Å². The molecule has 3 nitrogen and oxygen atoms in total. The first-order valence-corrected chi connectivity index (χ1v) is 6.97. The van der Waals surface area contributed by atoms with Crippen molar-refractivity contribution in [2.24, 2.45) is 0 Å². The highest BCUT2D eigenvalue weighted by atomic mass is 35.5. The van der Waals surface area contributed by atoms with Crippen LogP contribution in [0.4, 0.5) is 5.82 Å². The summed E-state index contributed by atoms with van der Waals surface area (Å²) >= 11 is 7.85. The summed E-state index contributed by atoms with van der Waals surface area (Å²) < 4.78 is 0. The quantitative estimate of drug-likeness (QED) is 0.863. The van der Waals surface area contributed by atoms with Crippen LogP contribution in [-0.2, 0) is 6.54 Å². The number of nitrogens with zero attached hydrogens (tertiary/aromatic N) is 2. The maximum atomic E-state index is 6.04. The molecule has 1 N–H and O–H groups in total. The lowest BCUT2D eigenvalue weighted by molar-refractivity contribution is 1.01. The zero-order valence-corrected chi connectivity index (χ0v) is 12.5. The fourth-order valence-electron chi connectivity index (χ4n) is 1.67. The Kier molecular flexibility index (Phi) is 3.88. The van der Waals surface area contributed by atoms with Gasteiger partial charge in [-0.25, -0.2) is 9.97 Å². The van der Waals surface area contributed by atoms with E-state index in [1.165, 1.54) is 15.3 Å². The van der Waals surface area contributed by atoms with Crippen LogP contribution in [0.2, 0.25) is 5.15 Å². The number of aryl methyl sites for hydroxylation is 3. The van der Waals surface area contributed by atoms with Crippen LogP contribution in [0, 0.1) is 27.7 Å². The van der Waals surface area contributed by atoms with Gasteiger partial charge in [0.05, 0.1) is 6.54 Å². The molecule has 0 amide bonds. The third kappa shape index (κ3) is 2.82. The molecule has 2 aromatic rings. The van der Waals surface area contributed by atoms with Crippen molar-refractivity contribution in [3.63, 3.8) is 0 Å². The summed E-state index contributed by atoms with van der Waals surface area (Å²) in [5.74, 6) is 1.50. The Morgan fingerprint density at radius 3 is 2.56 bits per heavy atom. The summed E-state index contributed by atoms with van der Waals surface area (Å²) in [5.41, 5.74) is 2.23. The molecule has 18 heavy (non-hydrogen) atoms. The van der Waals surface area contributed by atoms with E-state index < -0.39 is 0 Å². The van der Waals surface area contributed by atoms with E-state index in [-0.39, 0.29) is 0 Å². The standard InChI is InChI=1S/C13H16ClN3S/c1-7-5-11(18-9(7)3)6-15-13-8(2)12(14)16-10(4)17-13/h5H,6H2,1-4H3,(H,15,16,17). The molecule has 5 heteroatoms. The molecule has 0 bridgehead atoms. The molecule has 2 aromatic heterocycles. The number of halogens is 1. The first kappa shape index (κ1) is 13.3. The lowest BCUT2D eigenvalue weighted by Crippen LogP contribution is -2.05. The number of aromatic nitrogens is 2. The molecule has 0 atom stereocenters. The van der Waals surface area contributed by atoms with Gasteiger partial charge in [-0.3, -0.25) is 0 Å². The summed E-state index contributed by atoms with van der Waals surface area (Å²) in [6.07, 6.45) is 0. The maximum absolute atomic E-state index is 6.04. The van der Waals surface area contributed by atoms with E-state index >= 15 is 0 Å². The van der Waals surface area contributed by atoms with Gasteiger partial charge in [-0.1, -0.05) is 11.6 Å². The second kappa shape index (κ2) is 5.24. The first-order chi connectivity index (χ1) is 8.47. The molecule has 2 rings (SSSR count). The van der Waals surface area contributed by atoms with E-state index in [9.17, 15) is 0 Å². The summed E-state index contributed by atoms with van der Waals surface area (Å²) in [6, 6.07) is 2.21. The molecule has 96 valence electrons. The van der Waals surface area contributed by atoms with E-state index in [1.807, 2.05) is 25.2 Å². The SMILES string of the molecule is Cc1nc(Cl)c(C)c(NCc2cc(C)c(C)s2)n1. The predicted octanol–water partition coefficient (Wildman–Crippen LogP) is 4.04. The third-order valence-corrected chi connectivity index (χ3v) is 4.37.